The van der Waals surface area contributed by atoms with E-state index in [9.17, 15) is 13.2 Å². The molecule has 0 spiro atoms. The van der Waals surface area contributed by atoms with Crippen LogP contribution in [-0.2, 0) is 0 Å². The predicted molar refractivity (Wildman–Crippen MR) is 48.2 cm³/mol. The molecule has 0 aliphatic heterocycles. The van der Waals surface area contributed by atoms with E-state index in [4.69, 9.17) is 0 Å². The van der Waals surface area contributed by atoms with Gasteiger partial charge < -0.3 is 0 Å². The first-order valence-electron chi connectivity index (χ1n) is 4.55. The molecule has 0 saturated carbocycles. The summed E-state index contributed by atoms with van der Waals surface area (Å²) in [6, 6.07) is 0. The Balaban J connectivity index is 3.47. The van der Waals surface area contributed by atoms with Crippen LogP contribution in [0.1, 0.15) is 39.0 Å². The van der Waals surface area contributed by atoms with Gasteiger partial charge in [-0.3, -0.25) is 0 Å². The summed E-state index contributed by atoms with van der Waals surface area (Å²) >= 11 is 0. The SMILES string of the molecule is CCCCCCC=CC(F)=C(F)F. The van der Waals surface area contributed by atoms with E-state index in [1.165, 1.54) is 6.08 Å². The van der Waals surface area contributed by atoms with Crippen LogP contribution in [0.25, 0.3) is 0 Å². The van der Waals surface area contributed by atoms with Gasteiger partial charge >= 0.3 is 6.08 Å². The number of hydrogen-bond donors (Lipinski definition) is 0. The minimum Gasteiger partial charge on any atom is -0.201 e. The Morgan fingerprint density at radius 2 is 1.77 bits per heavy atom. The minimum absolute atomic E-state index is 0.667. The summed E-state index contributed by atoms with van der Waals surface area (Å²) < 4.78 is 35.2. The molecule has 0 rings (SSSR count). The van der Waals surface area contributed by atoms with Gasteiger partial charge in [0, 0.05) is 0 Å². The number of allylic oxidation sites excluding steroid dienone is 3. The van der Waals surface area contributed by atoms with Crippen LogP contribution in [0.2, 0.25) is 0 Å². The summed E-state index contributed by atoms with van der Waals surface area (Å²) in [6.45, 7) is 2.09. The molecule has 0 atom stereocenters. The molecule has 0 aromatic carbocycles. The van der Waals surface area contributed by atoms with Gasteiger partial charge in [0.15, 0.2) is 5.83 Å². The first-order valence-corrected chi connectivity index (χ1v) is 4.55. The molecule has 0 amide bonds. The van der Waals surface area contributed by atoms with Gasteiger partial charge in [0.1, 0.15) is 0 Å². The monoisotopic (exact) mass is 192 g/mol. The van der Waals surface area contributed by atoms with Crippen molar-refractivity contribution in [1.29, 1.82) is 0 Å². The number of halogens is 3. The van der Waals surface area contributed by atoms with Crippen LogP contribution in [0.15, 0.2) is 24.1 Å². The molecule has 0 saturated heterocycles. The van der Waals surface area contributed by atoms with Crippen molar-refractivity contribution in [2.24, 2.45) is 0 Å². The highest BCUT2D eigenvalue weighted by Crippen LogP contribution is 2.11. The average molecular weight is 192 g/mol. The van der Waals surface area contributed by atoms with Gasteiger partial charge in [-0.2, -0.15) is 8.78 Å². The van der Waals surface area contributed by atoms with Crippen molar-refractivity contribution in [1.82, 2.24) is 0 Å². The standard InChI is InChI=1S/C10H15F3/c1-2-3-4-5-6-7-8-9(11)10(12)13/h7-8H,2-6H2,1H3. The molecule has 0 aliphatic carbocycles. The third kappa shape index (κ3) is 7.62. The van der Waals surface area contributed by atoms with E-state index < -0.39 is 11.9 Å². The summed E-state index contributed by atoms with van der Waals surface area (Å²) in [5.74, 6) is -1.42. The van der Waals surface area contributed by atoms with E-state index in [0.717, 1.165) is 31.8 Å². The third-order valence-electron chi connectivity index (χ3n) is 1.67. The normalized spacial score (nSPS) is 10.8. The number of unbranched alkanes of at least 4 members (excludes halogenated alkanes) is 4. The van der Waals surface area contributed by atoms with E-state index in [1.807, 2.05) is 0 Å². The Hall–Kier alpha value is -0.730. The highest BCUT2D eigenvalue weighted by atomic mass is 19.3. The zero-order valence-electron chi connectivity index (χ0n) is 7.82. The second kappa shape index (κ2) is 7.90. The molecule has 13 heavy (non-hydrogen) atoms. The lowest BCUT2D eigenvalue weighted by Crippen LogP contribution is -1.74. The minimum atomic E-state index is -2.25. The maximum Gasteiger partial charge on any atom is 0.305 e. The van der Waals surface area contributed by atoms with E-state index in [-0.39, 0.29) is 0 Å². The topological polar surface area (TPSA) is 0 Å². The molecule has 0 aromatic rings. The lowest BCUT2D eigenvalue weighted by Gasteiger charge is -1.93. The average Bonchev–Trinajstić information content (AvgIpc) is 2.10. The lowest BCUT2D eigenvalue weighted by molar-refractivity contribution is 0.387. The fourth-order valence-corrected chi connectivity index (χ4v) is 0.939. The molecule has 0 heterocycles. The Kier molecular flexibility index (Phi) is 7.45. The smallest absolute Gasteiger partial charge is 0.201 e. The molecule has 0 radical (unpaired) electrons. The fourth-order valence-electron chi connectivity index (χ4n) is 0.939. The van der Waals surface area contributed by atoms with Crippen LogP contribution in [0.4, 0.5) is 13.2 Å². The fraction of sp³-hybridized carbons (Fsp3) is 0.600. The first-order chi connectivity index (χ1) is 6.18. The van der Waals surface area contributed by atoms with E-state index >= 15 is 0 Å². The van der Waals surface area contributed by atoms with Crippen LogP contribution in [0.3, 0.4) is 0 Å². The van der Waals surface area contributed by atoms with Gasteiger partial charge in [-0.05, 0) is 18.9 Å². The van der Waals surface area contributed by atoms with Gasteiger partial charge in [-0.25, -0.2) is 4.39 Å². The number of rotatable bonds is 6. The van der Waals surface area contributed by atoms with Crippen molar-refractivity contribution in [2.45, 2.75) is 39.0 Å². The Morgan fingerprint density at radius 1 is 1.08 bits per heavy atom. The second-order valence-corrected chi connectivity index (χ2v) is 2.86. The molecule has 0 N–H and O–H groups in total. The van der Waals surface area contributed by atoms with Crippen molar-refractivity contribution in [2.75, 3.05) is 0 Å². The molecular weight excluding hydrogens is 177 g/mol. The van der Waals surface area contributed by atoms with Gasteiger partial charge in [-0.15, -0.1) is 0 Å². The molecule has 0 aliphatic rings. The van der Waals surface area contributed by atoms with Crippen LogP contribution in [-0.4, -0.2) is 0 Å². The largest absolute Gasteiger partial charge is 0.305 e. The van der Waals surface area contributed by atoms with E-state index in [1.54, 1.807) is 0 Å². The maximum atomic E-state index is 12.1. The molecule has 3 heteroatoms. The Bertz CT molecular complexity index is 179. The van der Waals surface area contributed by atoms with Crippen molar-refractivity contribution >= 4 is 0 Å². The van der Waals surface area contributed by atoms with Crippen LogP contribution < -0.4 is 0 Å². The molecule has 0 fully saturated rings. The molecule has 0 unspecified atom stereocenters. The van der Waals surface area contributed by atoms with Crippen molar-refractivity contribution in [3.05, 3.63) is 24.1 Å². The Labute approximate surface area is 77.1 Å². The van der Waals surface area contributed by atoms with Crippen LogP contribution >= 0.6 is 0 Å². The Morgan fingerprint density at radius 3 is 2.31 bits per heavy atom. The molecule has 0 nitrogen and oxygen atoms in total. The summed E-state index contributed by atoms with van der Waals surface area (Å²) in [5.41, 5.74) is 0. The van der Waals surface area contributed by atoms with Crippen LogP contribution in [0, 0.1) is 0 Å². The third-order valence-corrected chi connectivity index (χ3v) is 1.67. The van der Waals surface area contributed by atoms with Gasteiger partial charge in [0.25, 0.3) is 0 Å². The highest BCUT2D eigenvalue weighted by Gasteiger charge is 1.97. The highest BCUT2D eigenvalue weighted by molar-refractivity contribution is 5.10. The predicted octanol–water partition coefficient (Wildman–Crippen LogP) is 4.59. The first kappa shape index (κ1) is 12.3. The zero-order valence-corrected chi connectivity index (χ0v) is 7.82. The van der Waals surface area contributed by atoms with Crippen molar-refractivity contribution in [3.63, 3.8) is 0 Å². The summed E-state index contributed by atoms with van der Waals surface area (Å²) in [7, 11) is 0. The second-order valence-electron chi connectivity index (χ2n) is 2.86. The zero-order chi connectivity index (χ0) is 10.1. The van der Waals surface area contributed by atoms with Gasteiger partial charge in [-0.1, -0.05) is 32.3 Å². The quantitative estimate of drug-likeness (QED) is 0.426. The summed E-state index contributed by atoms with van der Waals surface area (Å²) in [4.78, 5) is 0. The summed E-state index contributed by atoms with van der Waals surface area (Å²) in [5, 5.41) is 0. The van der Waals surface area contributed by atoms with Crippen LogP contribution in [0.5, 0.6) is 0 Å². The molecule has 0 aromatic heterocycles. The molecule has 0 bridgehead atoms. The van der Waals surface area contributed by atoms with Crippen molar-refractivity contribution in [3.8, 4) is 0 Å². The van der Waals surface area contributed by atoms with Crippen molar-refractivity contribution < 1.29 is 13.2 Å². The maximum absolute atomic E-state index is 12.1. The molecular formula is C10H15F3. The van der Waals surface area contributed by atoms with Gasteiger partial charge in [0.2, 0.25) is 0 Å². The number of hydrogen-bond acceptors (Lipinski definition) is 0. The van der Waals surface area contributed by atoms with E-state index in [2.05, 4.69) is 6.92 Å². The summed E-state index contributed by atoms with van der Waals surface area (Å²) in [6.07, 6.45) is 4.99. The van der Waals surface area contributed by atoms with E-state index in [0.29, 0.717) is 6.42 Å². The molecule has 76 valence electrons. The lowest BCUT2D eigenvalue weighted by atomic mass is 10.1. The van der Waals surface area contributed by atoms with Gasteiger partial charge in [0.05, 0.1) is 0 Å².